The summed E-state index contributed by atoms with van der Waals surface area (Å²) in [4.78, 5) is 31.1. The molecule has 0 rings (SSSR count). The molecule has 0 fully saturated rings. The Balaban J connectivity index is 4.45. The molecule has 6 nitrogen and oxygen atoms in total. The van der Waals surface area contributed by atoms with E-state index in [2.05, 4.69) is 11.3 Å². The molecule has 0 saturated carbocycles. The summed E-state index contributed by atoms with van der Waals surface area (Å²) >= 11 is 0. The predicted molar refractivity (Wildman–Crippen MR) is 40.0 cm³/mol. The lowest BCUT2D eigenvalue weighted by atomic mass is 10.3. The number of ether oxygens (including phenoxy) is 1. The quantitative estimate of drug-likeness (QED) is 0.355. The Kier molecular flexibility index (Phi) is 3.64. The summed E-state index contributed by atoms with van der Waals surface area (Å²) in [6.07, 6.45) is -2.18. The molecule has 0 aliphatic heterocycles. The van der Waals surface area contributed by atoms with Gasteiger partial charge in [-0.25, -0.2) is 14.4 Å². The number of hydrogen-bond acceptors (Lipinski definition) is 4. The summed E-state index contributed by atoms with van der Waals surface area (Å²) in [6.45, 7) is 4.45. The maximum absolute atomic E-state index is 10.7. The maximum atomic E-state index is 10.7. The van der Waals surface area contributed by atoms with Gasteiger partial charge in [0.25, 0.3) is 6.10 Å². The SMILES string of the molecule is C=C(C)C(=O)OC(C(=O)O)C(=O)O. The summed E-state index contributed by atoms with van der Waals surface area (Å²) < 4.78 is 4.10. The van der Waals surface area contributed by atoms with Crippen molar-refractivity contribution in [3.63, 3.8) is 0 Å². The first-order valence-electron chi connectivity index (χ1n) is 3.18. The molecule has 72 valence electrons. The van der Waals surface area contributed by atoms with E-state index >= 15 is 0 Å². The third-order valence-electron chi connectivity index (χ3n) is 1.02. The van der Waals surface area contributed by atoms with Crippen LogP contribution in [0, 0.1) is 0 Å². The fraction of sp³-hybridized carbons (Fsp3) is 0.286. The van der Waals surface area contributed by atoms with Crippen LogP contribution < -0.4 is 0 Å². The van der Waals surface area contributed by atoms with Gasteiger partial charge in [0, 0.05) is 5.57 Å². The molecule has 0 bridgehead atoms. The second-order valence-corrected chi connectivity index (χ2v) is 2.24. The minimum absolute atomic E-state index is 0.0625. The molecular weight excluding hydrogens is 180 g/mol. The fourth-order valence-corrected chi connectivity index (χ4v) is 0.414. The average molecular weight is 188 g/mol. The van der Waals surface area contributed by atoms with E-state index < -0.39 is 24.0 Å². The van der Waals surface area contributed by atoms with Gasteiger partial charge in [0.2, 0.25) is 0 Å². The van der Waals surface area contributed by atoms with Crippen LogP contribution in [0.25, 0.3) is 0 Å². The Hall–Kier alpha value is -1.85. The summed E-state index contributed by atoms with van der Waals surface area (Å²) in [6, 6.07) is 0. The Morgan fingerprint density at radius 3 is 1.85 bits per heavy atom. The van der Waals surface area contributed by atoms with Crippen LogP contribution in [0.1, 0.15) is 6.92 Å². The first-order valence-corrected chi connectivity index (χ1v) is 3.18. The molecule has 0 heterocycles. The normalized spacial score (nSPS) is 9.38. The number of hydrogen-bond donors (Lipinski definition) is 2. The third-order valence-corrected chi connectivity index (χ3v) is 1.02. The van der Waals surface area contributed by atoms with Crippen molar-refractivity contribution in [2.45, 2.75) is 13.0 Å². The average Bonchev–Trinajstić information content (AvgIpc) is 1.97. The third kappa shape index (κ3) is 3.37. The van der Waals surface area contributed by atoms with Gasteiger partial charge < -0.3 is 14.9 Å². The zero-order chi connectivity index (χ0) is 10.6. The number of aliphatic carboxylic acids is 2. The minimum atomic E-state index is -2.18. The van der Waals surface area contributed by atoms with Crippen molar-refractivity contribution in [1.29, 1.82) is 0 Å². The van der Waals surface area contributed by atoms with Gasteiger partial charge in [-0.3, -0.25) is 0 Å². The Bertz CT molecular complexity index is 252. The zero-order valence-electron chi connectivity index (χ0n) is 6.81. The molecule has 0 aromatic heterocycles. The molecule has 0 aromatic rings. The minimum Gasteiger partial charge on any atom is -0.478 e. The van der Waals surface area contributed by atoms with E-state index in [1.165, 1.54) is 6.92 Å². The Morgan fingerprint density at radius 2 is 1.62 bits per heavy atom. The van der Waals surface area contributed by atoms with E-state index in [1.54, 1.807) is 0 Å². The van der Waals surface area contributed by atoms with Crippen molar-refractivity contribution in [2.75, 3.05) is 0 Å². The highest BCUT2D eigenvalue weighted by atomic mass is 16.6. The van der Waals surface area contributed by atoms with Crippen LogP contribution in [0.5, 0.6) is 0 Å². The van der Waals surface area contributed by atoms with E-state index in [1.807, 2.05) is 0 Å². The lowest BCUT2D eigenvalue weighted by Crippen LogP contribution is -2.34. The molecule has 0 amide bonds. The predicted octanol–water partition coefficient (Wildman–Crippen LogP) is -0.357. The van der Waals surface area contributed by atoms with Crippen LogP contribution in [0.2, 0.25) is 0 Å². The number of carboxylic acid groups (broad SMARTS) is 2. The number of carboxylic acids is 2. The van der Waals surface area contributed by atoms with Gasteiger partial charge in [-0.2, -0.15) is 0 Å². The monoisotopic (exact) mass is 188 g/mol. The van der Waals surface area contributed by atoms with Crippen LogP contribution in [-0.4, -0.2) is 34.2 Å². The molecule has 13 heavy (non-hydrogen) atoms. The fourth-order valence-electron chi connectivity index (χ4n) is 0.414. The zero-order valence-corrected chi connectivity index (χ0v) is 6.81. The standard InChI is InChI=1S/C7H8O6/c1-3(2)7(12)13-4(5(8)9)6(10)11/h4H,1H2,2H3,(H,8,9)(H,10,11). The van der Waals surface area contributed by atoms with Gasteiger partial charge in [0.1, 0.15) is 0 Å². The summed E-state index contributed by atoms with van der Waals surface area (Å²) in [5.74, 6) is -4.51. The smallest absolute Gasteiger partial charge is 0.356 e. The summed E-state index contributed by atoms with van der Waals surface area (Å²) in [5, 5.41) is 16.6. The molecule has 0 unspecified atom stereocenters. The van der Waals surface area contributed by atoms with Crippen molar-refractivity contribution in [3.8, 4) is 0 Å². The Labute approximate surface area is 73.4 Å². The van der Waals surface area contributed by atoms with Crippen molar-refractivity contribution in [1.82, 2.24) is 0 Å². The molecule has 0 aliphatic rings. The van der Waals surface area contributed by atoms with Gasteiger partial charge >= 0.3 is 17.9 Å². The van der Waals surface area contributed by atoms with Crippen LogP contribution in [0.15, 0.2) is 12.2 Å². The second-order valence-electron chi connectivity index (χ2n) is 2.24. The van der Waals surface area contributed by atoms with E-state index in [9.17, 15) is 14.4 Å². The van der Waals surface area contributed by atoms with Gasteiger partial charge in [0.05, 0.1) is 0 Å². The van der Waals surface area contributed by atoms with Crippen molar-refractivity contribution in [3.05, 3.63) is 12.2 Å². The van der Waals surface area contributed by atoms with Crippen LogP contribution in [-0.2, 0) is 19.1 Å². The number of esters is 1. The van der Waals surface area contributed by atoms with E-state index in [0.717, 1.165) is 0 Å². The van der Waals surface area contributed by atoms with Gasteiger partial charge in [-0.1, -0.05) is 6.58 Å². The van der Waals surface area contributed by atoms with Gasteiger partial charge in [-0.15, -0.1) is 0 Å². The number of carbonyl (C=O) groups is 3. The molecule has 0 spiro atoms. The first kappa shape index (κ1) is 11.2. The highest BCUT2D eigenvalue weighted by molar-refractivity contribution is 5.99. The molecule has 0 saturated heterocycles. The molecule has 0 aliphatic carbocycles. The maximum Gasteiger partial charge on any atom is 0.356 e. The largest absolute Gasteiger partial charge is 0.478 e. The molecular formula is C7H8O6. The molecule has 0 radical (unpaired) electrons. The number of rotatable bonds is 4. The summed E-state index contributed by atoms with van der Waals surface area (Å²) in [7, 11) is 0. The second kappa shape index (κ2) is 4.24. The molecule has 0 aromatic carbocycles. The number of carbonyl (C=O) groups excluding carboxylic acids is 1. The van der Waals surface area contributed by atoms with Crippen molar-refractivity contribution >= 4 is 17.9 Å². The van der Waals surface area contributed by atoms with Crippen LogP contribution >= 0.6 is 0 Å². The highest BCUT2D eigenvalue weighted by Gasteiger charge is 2.30. The van der Waals surface area contributed by atoms with Crippen molar-refractivity contribution < 1.29 is 29.3 Å². The molecule has 6 heteroatoms. The van der Waals surface area contributed by atoms with Crippen LogP contribution in [0.4, 0.5) is 0 Å². The topological polar surface area (TPSA) is 101 Å². The molecule has 2 N–H and O–H groups in total. The van der Waals surface area contributed by atoms with Crippen molar-refractivity contribution in [2.24, 2.45) is 0 Å². The lowest BCUT2D eigenvalue weighted by Gasteiger charge is -2.08. The van der Waals surface area contributed by atoms with E-state index in [0.29, 0.717) is 0 Å². The van der Waals surface area contributed by atoms with Gasteiger partial charge in [-0.05, 0) is 6.92 Å². The summed E-state index contributed by atoms with van der Waals surface area (Å²) in [5.41, 5.74) is -0.0625. The van der Waals surface area contributed by atoms with E-state index in [-0.39, 0.29) is 5.57 Å². The lowest BCUT2D eigenvalue weighted by molar-refractivity contribution is -0.172. The van der Waals surface area contributed by atoms with E-state index in [4.69, 9.17) is 10.2 Å². The Morgan fingerprint density at radius 1 is 1.23 bits per heavy atom. The molecule has 0 atom stereocenters. The van der Waals surface area contributed by atoms with Gasteiger partial charge in [0.15, 0.2) is 0 Å². The van der Waals surface area contributed by atoms with Crippen LogP contribution in [0.3, 0.4) is 0 Å². The first-order chi connectivity index (χ1) is 5.86. The highest BCUT2D eigenvalue weighted by Crippen LogP contribution is 1.99.